The van der Waals surface area contributed by atoms with Gasteiger partial charge in [-0.3, -0.25) is 4.79 Å². The second-order valence-electron chi connectivity index (χ2n) is 6.46. The van der Waals surface area contributed by atoms with Crippen molar-refractivity contribution in [3.8, 4) is 5.75 Å². The minimum absolute atomic E-state index is 0.00793. The first kappa shape index (κ1) is 18.6. The van der Waals surface area contributed by atoms with E-state index in [9.17, 15) is 13.6 Å². The fourth-order valence-electron chi connectivity index (χ4n) is 2.89. The normalized spacial score (nSPS) is 10.8. The third-order valence-corrected chi connectivity index (χ3v) is 4.49. The largest absolute Gasteiger partial charge is 0.489 e. The number of nitrogens with zero attached hydrogens (tertiary/aromatic N) is 2. The fraction of sp³-hybridized carbons (Fsp3) is 0.0909. The summed E-state index contributed by atoms with van der Waals surface area (Å²) in [6.07, 6.45) is 5.01. The average Bonchev–Trinajstić information content (AvgIpc) is 3.21. The number of benzene rings is 2. The van der Waals surface area contributed by atoms with E-state index in [2.05, 4.69) is 10.3 Å². The van der Waals surface area contributed by atoms with Crippen LogP contribution >= 0.6 is 0 Å². The summed E-state index contributed by atoms with van der Waals surface area (Å²) >= 11 is 0. The minimum atomic E-state index is -0.463. The molecule has 0 bridgehead atoms. The van der Waals surface area contributed by atoms with Gasteiger partial charge < -0.3 is 14.5 Å². The van der Waals surface area contributed by atoms with Gasteiger partial charge in [-0.2, -0.15) is 0 Å². The number of hydrogen-bond donors (Lipinski definition) is 1. The van der Waals surface area contributed by atoms with E-state index in [0.717, 1.165) is 5.52 Å². The number of ether oxygens (including phenoxy) is 1. The lowest BCUT2D eigenvalue weighted by molar-refractivity contribution is 0.0950. The van der Waals surface area contributed by atoms with Crippen LogP contribution in [0.15, 0.2) is 73.3 Å². The maximum atomic E-state index is 14.1. The molecule has 4 rings (SSSR count). The third-order valence-electron chi connectivity index (χ3n) is 4.49. The molecule has 0 radical (unpaired) electrons. The van der Waals surface area contributed by atoms with Gasteiger partial charge in [-0.1, -0.05) is 18.2 Å². The van der Waals surface area contributed by atoms with E-state index in [0.29, 0.717) is 16.9 Å². The molecule has 0 atom stereocenters. The number of aromatic nitrogens is 2. The summed E-state index contributed by atoms with van der Waals surface area (Å²) in [5.41, 5.74) is 1.91. The molecule has 2 aromatic heterocycles. The molecule has 0 unspecified atom stereocenters. The molecule has 0 aliphatic heterocycles. The van der Waals surface area contributed by atoms with Crippen molar-refractivity contribution in [3.63, 3.8) is 0 Å². The number of hydrogen-bond acceptors (Lipinski definition) is 3. The second kappa shape index (κ2) is 8.10. The quantitative estimate of drug-likeness (QED) is 0.536. The topological polar surface area (TPSA) is 55.6 Å². The maximum absolute atomic E-state index is 14.1. The number of carbonyl (C=O) groups excluding carboxylic acids is 1. The van der Waals surface area contributed by atoms with Gasteiger partial charge >= 0.3 is 0 Å². The first-order chi connectivity index (χ1) is 14.1. The lowest BCUT2D eigenvalue weighted by Crippen LogP contribution is -2.23. The van der Waals surface area contributed by atoms with E-state index in [4.69, 9.17) is 4.74 Å². The van der Waals surface area contributed by atoms with Crippen molar-refractivity contribution in [1.29, 1.82) is 0 Å². The summed E-state index contributed by atoms with van der Waals surface area (Å²) < 4.78 is 35.2. The van der Waals surface area contributed by atoms with Crippen LogP contribution < -0.4 is 10.1 Å². The Bertz CT molecular complexity index is 1170. The van der Waals surface area contributed by atoms with Crippen LogP contribution in [0.2, 0.25) is 0 Å². The first-order valence-electron chi connectivity index (χ1n) is 8.95. The van der Waals surface area contributed by atoms with Crippen LogP contribution in [0.5, 0.6) is 5.75 Å². The Morgan fingerprint density at radius 2 is 1.86 bits per heavy atom. The van der Waals surface area contributed by atoms with Crippen molar-refractivity contribution >= 4 is 11.4 Å². The Morgan fingerprint density at radius 1 is 1.03 bits per heavy atom. The van der Waals surface area contributed by atoms with Crippen molar-refractivity contribution in [2.45, 2.75) is 13.2 Å². The minimum Gasteiger partial charge on any atom is -0.489 e. The zero-order valence-corrected chi connectivity index (χ0v) is 15.3. The smallest absolute Gasteiger partial charge is 0.251 e. The highest BCUT2D eigenvalue weighted by atomic mass is 19.1. The van der Waals surface area contributed by atoms with Gasteiger partial charge in [0.25, 0.3) is 5.91 Å². The van der Waals surface area contributed by atoms with Gasteiger partial charge in [0, 0.05) is 29.4 Å². The standard InChI is InChI=1S/C22H17F2N3O2/c23-20-4-2-1-3-16(20)13-29-19-5-6-21(24)17(10-19)11-26-22(28)15-7-8-27-14-25-12-18(27)9-15/h1-10,12,14H,11,13H2,(H,26,28). The average molecular weight is 393 g/mol. The molecular weight excluding hydrogens is 376 g/mol. The van der Waals surface area contributed by atoms with Crippen molar-refractivity contribution in [1.82, 2.24) is 14.7 Å². The van der Waals surface area contributed by atoms with E-state index < -0.39 is 5.82 Å². The second-order valence-corrected chi connectivity index (χ2v) is 6.46. The van der Waals surface area contributed by atoms with Crippen LogP contribution in [0.3, 0.4) is 0 Å². The predicted molar refractivity (Wildman–Crippen MR) is 103 cm³/mol. The Morgan fingerprint density at radius 3 is 2.72 bits per heavy atom. The van der Waals surface area contributed by atoms with Crippen LogP contribution in [0, 0.1) is 11.6 Å². The van der Waals surface area contributed by atoms with Gasteiger partial charge in [0.05, 0.1) is 18.0 Å². The number of fused-ring (bicyclic) bond motifs is 1. The molecule has 0 aliphatic carbocycles. The number of nitrogens with one attached hydrogen (secondary N) is 1. The number of carbonyl (C=O) groups is 1. The van der Waals surface area contributed by atoms with Gasteiger partial charge in [-0.05, 0) is 36.4 Å². The lowest BCUT2D eigenvalue weighted by Gasteiger charge is -2.11. The van der Waals surface area contributed by atoms with Crippen molar-refractivity contribution in [2.75, 3.05) is 0 Å². The highest BCUT2D eigenvalue weighted by Crippen LogP contribution is 2.19. The molecule has 1 amide bonds. The van der Waals surface area contributed by atoms with Gasteiger partial charge in [0.1, 0.15) is 24.0 Å². The summed E-state index contributed by atoms with van der Waals surface area (Å²) in [6, 6.07) is 13.9. The van der Waals surface area contributed by atoms with Crippen molar-refractivity contribution in [3.05, 3.63) is 102 Å². The van der Waals surface area contributed by atoms with Gasteiger partial charge in [0.2, 0.25) is 0 Å². The monoisotopic (exact) mass is 393 g/mol. The molecule has 0 aliphatic rings. The summed E-state index contributed by atoms with van der Waals surface area (Å²) in [5, 5.41) is 2.70. The van der Waals surface area contributed by atoms with E-state index in [-0.39, 0.29) is 30.4 Å². The van der Waals surface area contributed by atoms with E-state index in [1.807, 2.05) is 0 Å². The maximum Gasteiger partial charge on any atom is 0.251 e. The van der Waals surface area contributed by atoms with Crippen molar-refractivity contribution < 1.29 is 18.3 Å². The molecule has 2 heterocycles. The van der Waals surface area contributed by atoms with E-state index in [1.54, 1.807) is 53.5 Å². The number of rotatable bonds is 6. The van der Waals surface area contributed by atoms with Crippen LogP contribution in [0.4, 0.5) is 8.78 Å². The third kappa shape index (κ3) is 4.24. The highest BCUT2D eigenvalue weighted by Gasteiger charge is 2.10. The fourth-order valence-corrected chi connectivity index (χ4v) is 2.89. The van der Waals surface area contributed by atoms with Crippen LogP contribution in [0.1, 0.15) is 21.5 Å². The number of imidazole rings is 1. The molecule has 0 saturated carbocycles. The molecule has 1 N–H and O–H groups in total. The number of pyridine rings is 1. The van der Waals surface area contributed by atoms with Gasteiger partial charge in [0.15, 0.2) is 0 Å². The van der Waals surface area contributed by atoms with E-state index >= 15 is 0 Å². The Kier molecular flexibility index (Phi) is 5.20. The zero-order valence-electron chi connectivity index (χ0n) is 15.3. The molecule has 29 heavy (non-hydrogen) atoms. The van der Waals surface area contributed by atoms with Gasteiger partial charge in [-0.25, -0.2) is 13.8 Å². The van der Waals surface area contributed by atoms with E-state index in [1.165, 1.54) is 24.3 Å². The van der Waals surface area contributed by atoms with Gasteiger partial charge in [-0.15, -0.1) is 0 Å². The Hall–Kier alpha value is -3.74. The molecule has 2 aromatic carbocycles. The zero-order chi connectivity index (χ0) is 20.2. The summed E-state index contributed by atoms with van der Waals surface area (Å²) in [5.74, 6) is -0.766. The molecule has 0 fully saturated rings. The molecule has 7 heteroatoms. The molecule has 5 nitrogen and oxygen atoms in total. The number of halogens is 2. The molecular formula is C22H17F2N3O2. The molecule has 4 aromatic rings. The summed E-state index contributed by atoms with van der Waals surface area (Å²) in [4.78, 5) is 16.4. The Balaban J connectivity index is 1.42. The van der Waals surface area contributed by atoms with Crippen LogP contribution in [-0.2, 0) is 13.2 Å². The van der Waals surface area contributed by atoms with Crippen LogP contribution in [0.25, 0.3) is 5.52 Å². The summed E-state index contributed by atoms with van der Waals surface area (Å²) in [7, 11) is 0. The summed E-state index contributed by atoms with van der Waals surface area (Å²) in [6.45, 7) is 0.0154. The molecule has 0 spiro atoms. The van der Waals surface area contributed by atoms with Crippen LogP contribution in [-0.4, -0.2) is 15.3 Å². The molecule has 0 saturated heterocycles. The Labute approximate surface area is 165 Å². The first-order valence-corrected chi connectivity index (χ1v) is 8.95. The van der Waals surface area contributed by atoms with Crippen molar-refractivity contribution in [2.24, 2.45) is 0 Å². The number of amides is 1. The SMILES string of the molecule is O=C(NCc1cc(OCc2ccccc2F)ccc1F)c1ccn2cncc2c1. The molecule has 146 valence electrons. The highest BCUT2D eigenvalue weighted by molar-refractivity contribution is 5.95. The predicted octanol–water partition coefficient (Wildman–Crippen LogP) is 4.12. The lowest BCUT2D eigenvalue weighted by atomic mass is 10.1.